The molecule has 0 saturated carbocycles. The molecule has 1 aliphatic rings. The largest absolute Gasteiger partial charge is 0.394 e. The second-order valence-corrected chi connectivity index (χ2v) is 5.17. The highest BCUT2D eigenvalue weighted by Gasteiger charge is 2.43. The van der Waals surface area contributed by atoms with E-state index in [2.05, 4.69) is 26.2 Å². The molecule has 0 unspecified atom stereocenters. The highest BCUT2D eigenvalue weighted by molar-refractivity contribution is 9.10. The first-order chi connectivity index (χ1) is 9.02. The molecule has 0 aliphatic carbocycles. The van der Waals surface area contributed by atoms with Crippen LogP contribution in [0.5, 0.6) is 0 Å². The number of ether oxygens (including phenoxy) is 1. The molecule has 7 nitrogen and oxygen atoms in total. The van der Waals surface area contributed by atoms with Gasteiger partial charge in [-0.15, -0.1) is 0 Å². The highest BCUT2D eigenvalue weighted by atomic mass is 79.9. The van der Waals surface area contributed by atoms with Gasteiger partial charge >= 0.3 is 0 Å². The number of aliphatic hydroxyl groups is 4. The van der Waals surface area contributed by atoms with Crippen LogP contribution in [0.2, 0.25) is 0 Å². The Morgan fingerprint density at radius 2 is 1.95 bits per heavy atom. The van der Waals surface area contributed by atoms with Gasteiger partial charge in [-0.3, -0.25) is 0 Å². The van der Waals surface area contributed by atoms with Crippen molar-refractivity contribution in [3.8, 4) is 0 Å². The van der Waals surface area contributed by atoms with Crippen molar-refractivity contribution in [2.75, 3.05) is 11.9 Å². The van der Waals surface area contributed by atoms with E-state index in [1.54, 1.807) is 18.3 Å². The SMILES string of the molecule is OC[C@@H]1O[C@H](Nc2ccc(Br)cn2)[C@H](O)[C@H](O)[C@H]1O. The third kappa shape index (κ3) is 3.22. The number of pyridine rings is 1. The molecule has 5 N–H and O–H groups in total. The molecule has 8 heteroatoms. The Hall–Kier alpha value is -0.770. The molecule has 0 spiro atoms. The number of nitrogens with zero attached hydrogens (tertiary/aromatic N) is 1. The van der Waals surface area contributed by atoms with Crippen LogP contribution in [0.1, 0.15) is 0 Å². The minimum atomic E-state index is -1.40. The number of hydrogen-bond donors (Lipinski definition) is 5. The van der Waals surface area contributed by atoms with Crippen molar-refractivity contribution in [1.29, 1.82) is 0 Å². The number of aromatic nitrogens is 1. The standard InChI is InChI=1S/C11H15BrN2O5/c12-5-1-2-7(13-3-5)14-11-10(18)9(17)8(16)6(4-15)19-11/h1-3,6,8-11,15-18H,4H2,(H,13,14)/t6-,8-,9+,10+,11-/m0/s1. The fourth-order valence-electron chi connectivity index (χ4n) is 1.83. The zero-order chi connectivity index (χ0) is 14.0. The summed E-state index contributed by atoms with van der Waals surface area (Å²) >= 11 is 3.24. The maximum atomic E-state index is 9.82. The average molecular weight is 335 g/mol. The summed E-state index contributed by atoms with van der Waals surface area (Å²) in [6.07, 6.45) is -4.44. The van der Waals surface area contributed by atoms with Gasteiger partial charge in [0.1, 0.15) is 30.2 Å². The van der Waals surface area contributed by atoms with Crippen molar-refractivity contribution in [3.05, 3.63) is 22.8 Å². The summed E-state index contributed by atoms with van der Waals surface area (Å²) in [4.78, 5) is 4.05. The zero-order valence-electron chi connectivity index (χ0n) is 9.85. The normalized spacial score (nSPS) is 35.1. The Labute approximate surface area is 118 Å². The summed E-state index contributed by atoms with van der Waals surface area (Å²) in [6.45, 7) is -0.461. The van der Waals surface area contributed by atoms with Gasteiger partial charge in [0.05, 0.1) is 6.61 Å². The fourth-order valence-corrected chi connectivity index (χ4v) is 2.06. The lowest BCUT2D eigenvalue weighted by atomic mass is 9.98. The van der Waals surface area contributed by atoms with E-state index >= 15 is 0 Å². The van der Waals surface area contributed by atoms with Crippen molar-refractivity contribution in [2.45, 2.75) is 30.6 Å². The molecule has 19 heavy (non-hydrogen) atoms. The molecule has 1 aromatic heterocycles. The summed E-state index contributed by atoms with van der Waals surface area (Å²) in [5, 5.41) is 40.9. The molecule has 1 fully saturated rings. The van der Waals surface area contributed by atoms with Crippen LogP contribution in [-0.2, 0) is 4.74 Å². The third-order valence-corrected chi connectivity index (χ3v) is 3.38. The topological polar surface area (TPSA) is 115 Å². The predicted octanol–water partition coefficient (Wildman–Crippen LogP) is -0.944. The van der Waals surface area contributed by atoms with E-state index in [4.69, 9.17) is 9.84 Å². The van der Waals surface area contributed by atoms with E-state index in [0.29, 0.717) is 5.82 Å². The number of hydrogen-bond acceptors (Lipinski definition) is 7. The third-order valence-electron chi connectivity index (χ3n) is 2.91. The van der Waals surface area contributed by atoms with Crippen molar-refractivity contribution in [1.82, 2.24) is 4.98 Å². The summed E-state index contributed by atoms with van der Waals surface area (Å²) in [5.74, 6) is 0.438. The lowest BCUT2D eigenvalue weighted by Gasteiger charge is -2.40. The van der Waals surface area contributed by atoms with Crippen LogP contribution < -0.4 is 5.32 Å². The molecule has 0 bridgehead atoms. The number of nitrogens with one attached hydrogen (secondary N) is 1. The number of anilines is 1. The lowest BCUT2D eigenvalue weighted by molar-refractivity contribution is -0.221. The Balaban J connectivity index is 2.08. The zero-order valence-corrected chi connectivity index (χ0v) is 11.4. The van der Waals surface area contributed by atoms with Crippen LogP contribution in [0.4, 0.5) is 5.82 Å². The monoisotopic (exact) mass is 334 g/mol. The van der Waals surface area contributed by atoms with Gasteiger partial charge in [-0.05, 0) is 28.1 Å². The van der Waals surface area contributed by atoms with Crippen LogP contribution in [-0.4, -0.2) is 62.7 Å². The van der Waals surface area contributed by atoms with Crippen LogP contribution in [0.25, 0.3) is 0 Å². The van der Waals surface area contributed by atoms with Gasteiger partial charge in [0.2, 0.25) is 0 Å². The van der Waals surface area contributed by atoms with Gasteiger partial charge in [-0.1, -0.05) is 0 Å². The molecular weight excluding hydrogens is 320 g/mol. The van der Waals surface area contributed by atoms with Gasteiger partial charge in [0.15, 0.2) is 6.23 Å². The van der Waals surface area contributed by atoms with Crippen molar-refractivity contribution in [2.24, 2.45) is 0 Å². The van der Waals surface area contributed by atoms with Gasteiger partial charge < -0.3 is 30.5 Å². The summed E-state index contributed by atoms with van der Waals surface area (Å²) in [5.41, 5.74) is 0. The molecule has 106 valence electrons. The second-order valence-electron chi connectivity index (χ2n) is 4.26. The summed E-state index contributed by atoms with van der Waals surface area (Å²) in [7, 11) is 0. The number of aliphatic hydroxyl groups excluding tert-OH is 4. The van der Waals surface area contributed by atoms with E-state index < -0.39 is 37.3 Å². The highest BCUT2D eigenvalue weighted by Crippen LogP contribution is 2.22. The Bertz CT molecular complexity index is 416. The Kier molecular flexibility index (Phi) is 4.71. The van der Waals surface area contributed by atoms with Crippen LogP contribution >= 0.6 is 15.9 Å². The van der Waals surface area contributed by atoms with E-state index in [0.717, 1.165) is 4.47 Å². The number of halogens is 1. The molecule has 2 heterocycles. The molecule has 0 aromatic carbocycles. The van der Waals surface area contributed by atoms with Gasteiger partial charge in [-0.2, -0.15) is 0 Å². The molecule has 5 atom stereocenters. The van der Waals surface area contributed by atoms with E-state index in [9.17, 15) is 15.3 Å². The molecule has 0 amide bonds. The van der Waals surface area contributed by atoms with Gasteiger partial charge in [-0.25, -0.2) is 4.98 Å². The average Bonchev–Trinajstić information content (AvgIpc) is 2.42. The molecule has 1 aromatic rings. The van der Waals surface area contributed by atoms with Crippen LogP contribution in [0.3, 0.4) is 0 Å². The summed E-state index contributed by atoms with van der Waals surface area (Å²) < 4.78 is 6.09. The molecule has 1 aliphatic heterocycles. The molecule has 0 radical (unpaired) electrons. The van der Waals surface area contributed by atoms with Crippen LogP contribution in [0, 0.1) is 0 Å². The van der Waals surface area contributed by atoms with Crippen molar-refractivity contribution < 1.29 is 25.2 Å². The maximum absolute atomic E-state index is 9.82. The minimum absolute atomic E-state index is 0.438. The predicted molar refractivity (Wildman–Crippen MR) is 69.3 cm³/mol. The second kappa shape index (κ2) is 6.12. The van der Waals surface area contributed by atoms with E-state index in [1.807, 2.05) is 0 Å². The fraction of sp³-hybridized carbons (Fsp3) is 0.545. The van der Waals surface area contributed by atoms with Gasteiger partial charge in [0.25, 0.3) is 0 Å². The molecule has 1 saturated heterocycles. The smallest absolute Gasteiger partial charge is 0.158 e. The molecular formula is C11H15BrN2O5. The van der Waals surface area contributed by atoms with E-state index in [1.165, 1.54) is 0 Å². The summed E-state index contributed by atoms with van der Waals surface area (Å²) in [6, 6.07) is 3.41. The van der Waals surface area contributed by atoms with Crippen LogP contribution in [0.15, 0.2) is 22.8 Å². The number of rotatable bonds is 3. The van der Waals surface area contributed by atoms with E-state index in [-0.39, 0.29) is 0 Å². The Morgan fingerprint density at radius 1 is 1.21 bits per heavy atom. The minimum Gasteiger partial charge on any atom is -0.394 e. The quantitative estimate of drug-likeness (QED) is 0.484. The first-order valence-corrected chi connectivity index (χ1v) is 6.51. The first kappa shape index (κ1) is 14.6. The van der Waals surface area contributed by atoms with Crippen molar-refractivity contribution >= 4 is 21.7 Å². The van der Waals surface area contributed by atoms with Gasteiger partial charge in [0, 0.05) is 10.7 Å². The Morgan fingerprint density at radius 3 is 2.53 bits per heavy atom. The van der Waals surface area contributed by atoms with Crippen molar-refractivity contribution in [3.63, 3.8) is 0 Å². The molecule has 2 rings (SSSR count). The first-order valence-electron chi connectivity index (χ1n) is 5.71. The lowest BCUT2D eigenvalue weighted by Crippen LogP contribution is -2.60. The maximum Gasteiger partial charge on any atom is 0.158 e.